The number of aryl methyl sites for hydroxylation is 1. The van der Waals surface area contributed by atoms with Gasteiger partial charge in [0.2, 0.25) is 11.8 Å². The van der Waals surface area contributed by atoms with Crippen molar-refractivity contribution >= 4 is 17.6 Å². The molecule has 30 heavy (non-hydrogen) atoms. The van der Waals surface area contributed by atoms with Crippen molar-refractivity contribution in [1.82, 2.24) is 20.2 Å². The molecule has 2 amide bonds. The van der Waals surface area contributed by atoms with Gasteiger partial charge in [-0.2, -0.15) is 0 Å². The van der Waals surface area contributed by atoms with Crippen LogP contribution in [-0.4, -0.2) is 52.9 Å². The molecule has 1 fully saturated rings. The van der Waals surface area contributed by atoms with Crippen LogP contribution in [0.2, 0.25) is 0 Å². The Labute approximate surface area is 177 Å². The second-order valence-electron chi connectivity index (χ2n) is 8.22. The van der Waals surface area contributed by atoms with Crippen LogP contribution >= 0.6 is 0 Å². The molecule has 0 radical (unpaired) electrons. The van der Waals surface area contributed by atoms with Gasteiger partial charge in [-0.25, -0.2) is 9.97 Å². The molecule has 0 spiro atoms. The number of hydrogen-bond acceptors (Lipinski definition) is 5. The Morgan fingerprint density at radius 3 is 2.73 bits per heavy atom. The maximum Gasteiger partial charge on any atom is 0.241 e. The topological polar surface area (TPSA) is 78.4 Å². The van der Waals surface area contributed by atoms with E-state index in [4.69, 9.17) is 9.97 Å². The minimum absolute atomic E-state index is 0.0481. The van der Waals surface area contributed by atoms with Crippen LogP contribution in [0.3, 0.4) is 0 Å². The molecule has 0 aliphatic carbocycles. The number of rotatable bonds is 5. The molecule has 7 nitrogen and oxygen atoms in total. The lowest BCUT2D eigenvalue weighted by Crippen LogP contribution is -2.38. The number of nitrogens with zero attached hydrogens (tertiary/aromatic N) is 4. The summed E-state index contributed by atoms with van der Waals surface area (Å²) < 4.78 is 0. The molecule has 2 aromatic rings. The van der Waals surface area contributed by atoms with Gasteiger partial charge in [-0.15, -0.1) is 0 Å². The molecule has 3 heterocycles. The van der Waals surface area contributed by atoms with Crippen LogP contribution in [0.25, 0.3) is 0 Å². The van der Waals surface area contributed by atoms with E-state index in [1.165, 1.54) is 18.1 Å². The van der Waals surface area contributed by atoms with Crippen LogP contribution in [0.4, 0.5) is 5.82 Å². The zero-order chi connectivity index (χ0) is 21.1. The first-order valence-corrected chi connectivity index (χ1v) is 10.7. The van der Waals surface area contributed by atoms with Crippen LogP contribution in [0, 0.1) is 6.92 Å². The normalized spacial score (nSPS) is 18.3. The molecular formula is C23H29N5O2. The molecule has 1 N–H and O–H groups in total. The van der Waals surface area contributed by atoms with Crippen LogP contribution in [0.1, 0.15) is 48.3 Å². The molecule has 4 rings (SSSR count). The van der Waals surface area contributed by atoms with Gasteiger partial charge in [0.05, 0.1) is 6.54 Å². The summed E-state index contributed by atoms with van der Waals surface area (Å²) in [6.45, 7) is 6.66. The zero-order valence-corrected chi connectivity index (χ0v) is 17.7. The van der Waals surface area contributed by atoms with Crippen molar-refractivity contribution in [3.63, 3.8) is 0 Å². The van der Waals surface area contributed by atoms with E-state index in [1.54, 1.807) is 4.90 Å². The highest BCUT2D eigenvalue weighted by Crippen LogP contribution is 2.32. The van der Waals surface area contributed by atoms with Crippen molar-refractivity contribution < 1.29 is 9.59 Å². The predicted molar refractivity (Wildman–Crippen MR) is 115 cm³/mol. The van der Waals surface area contributed by atoms with Gasteiger partial charge in [0.25, 0.3) is 0 Å². The number of carbonyl (C=O) groups excluding carboxylic acids is 2. The first kappa shape index (κ1) is 20.3. The maximum absolute atomic E-state index is 12.3. The third-order valence-electron chi connectivity index (χ3n) is 5.97. The number of anilines is 1. The first-order chi connectivity index (χ1) is 14.5. The van der Waals surface area contributed by atoms with E-state index >= 15 is 0 Å². The second-order valence-corrected chi connectivity index (χ2v) is 8.22. The van der Waals surface area contributed by atoms with E-state index in [0.29, 0.717) is 13.1 Å². The third-order valence-corrected chi connectivity index (χ3v) is 5.97. The average Bonchev–Trinajstić information content (AvgIpc) is 3.24. The van der Waals surface area contributed by atoms with Gasteiger partial charge in [-0.1, -0.05) is 30.3 Å². The summed E-state index contributed by atoms with van der Waals surface area (Å²) >= 11 is 0. The van der Waals surface area contributed by atoms with Gasteiger partial charge in [0, 0.05) is 50.3 Å². The molecule has 7 heteroatoms. The molecule has 0 bridgehead atoms. The lowest BCUT2D eigenvalue weighted by atomic mass is 10.0. The monoisotopic (exact) mass is 407 g/mol. The summed E-state index contributed by atoms with van der Waals surface area (Å²) in [5.41, 5.74) is 3.58. The number of benzene rings is 1. The quantitative estimate of drug-likeness (QED) is 0.822. The standard InChI is InChI=1S/C23H29N5O2/c1-16-20-9-6-11-28(14-18-7-4-3-5-8-18)23(20)26-22(25-16)19-10-12-27(15-19)21(30)13-24-17(2)29/h3-5,7-8,19H,6,9-15H2,1-2H3,(H,24,29). The van der Waals surface area contributed by atoms with Crippen molar-refractivity contribution in [3.8, 4) is 0 Å². The smallest absolute Gasteiger partial charge is 0.241 e. The molecule has 2 aliphatic heterocycles. The Morgan fingerprint density at radius 1 is 1.17 bits per heavy atom. The summed E-state index contributed by atoms with van der Waals surface area (Å²) in [5.74, 6) is 1.78. The molecule has 158 valence electrons. The van der Waals surface area contributed by atoms with E-state index in [9.17, 15) is 9.59 Å². The fourth-order valence-corrected chi connectivity index (χ4v) is 4.36. The summed E-state index contributed by atoms with van der Waals surface area (Å²) in [5, 5.41) is 2.59. The predicted octanol–water partition coefficient (Wildman–Crippen LogP) is 2.19. The molecule has 1 aromatic heterocycles. The zero-order valence-electron chi connectivity index (χ0n) is 17.7. The maximum atomic E-state index is 12.3. The number of likely N-dealkylation sites (tertiary alicyclic amines) is 1. The molecule has 1 unspecified atom stereocenters. The minimum Gasteiger partial charge on any atom is -0.352 e. The summed E-state index contributed by atoms with van der Waals surface area (Å²) in [7, 11) is 0. The van der Waals surface area contributed by atoms with Crippen LogP contribution in [0.15, 0.2) is 30.3 Å². The Bertz CT molecular complexity index is 931. The van der Waals surface area contributed by atoms with Gasteiger partial charge in [0.1, 0.15) is 11.6 Å². The number of hydrogen-bond donors (Lipinski definition) is 1. The number of fused-ring (bicyclic) bond motifs is 1. The molecule has 0 saturated carbocycles. The number of amides is 2. The molecule has 1 atom stereocenters. The number of carbonyl (C=O) groups is 2. The Morgan fingerprint density at radius 2 is 1.97 bits per heavy atom. The fraction of sp³-hybridized carbons (Fsp3) is 0.478. The van der Waals surface area contributed by atoms with E-state index < -0.39 is 0 Å². The van der Waals surface area contributed by atoms with Gasteiger partial charge < -0.3 is 15.1 Å². The highest BCUT2D eigenvalue weighted by atomic mass is 16.2. The lowest BCUT2D eigenvalue weighted by Gasteiger charge is -2.31. The molecular weight excluding hydrogens is 378 g/mol. The van der Waals surface area contributed by atoms with E-state index in [2.05, 4.69) is 41.4 Å². The van der Waals surface area contributed by atoms with E-state index in [1.807, 2.05) is 6.07 Å². The Balaban J connectivity index is 1.52. The molecule has 1 aromatic carbocycles. The first-order valence-electron chi connectivity index (χ1n) is 10.7. The fourth-order valence-electron chi connectivity index (χ4n) is 4.36. The van der Waals surface area contributed by atoms with Crippen LogP contribution < -0.4 is 10.2 Å². The van der Waals surface area contributed by atoms with Crippen LogP contribution in [-0.2, 0) is 22.6 Å². The summed E-state index contributed by atoms with van der Waals surface area (Å²) in [4.78, 5) is 37.4. The van der Waals surface area contributed by atoms with Gasteiger partial charge in [-0.3, -0.25) is 9.59 Å². The minimum atomic E-state index is -0.189. The summed E-state index contributed by atoms with van der Waals surface area (Å²) in [6, 6.07) is 10.5. The molecule has 1 saturated heterocycles. The Hall–Kier alpha value is -2.96. The van der Waals surface area contributed by atoms with Crippen molar-refractivity contribution in [2.45, 2.75) is 45.6 Å². The highest BCUT2D eigenvalue weighted by Gasteiger charge is 2.31. The third kappa shape index (κ3) is 4.45. The number of nitrogens with one attached hydrogen (secondary N) is 1. The van der Waals surface area contributed by atoms with E-state index in [0.717, 1.165) is 49.7 Å². The summed E-state index contributed by atoms with van der Waals surface area (Å²) in [6.07, 6.45) is 2.97. The van der Waals surface area contributed by atoms with E-state index in [-0.39, 0.29) is 24.3 Å². The average molecular weight is 408 g/mol. The Kier molecular flexibility index (Phi) is 5.97. The van der Waals surface area contributed by atoms with Gasteiger partial charge >= 0.3 is 0 Å². The second kappa shape index (κ2) is 8.81. The van der Waals surface area contributed by atoms with Gasteiger partial charge in [-0.05, 0) is 31.7 Å². The molecule has 2 aliphatic rings. The van der Waals surface area contributed by atoms with Gasteiger partial charge in [0.15, 0.2) is 0 Å². The lowest BCUT2D eigenvalue weighted by molar-refractivity contribution is -0.131. The number of aromatic nitrogens is 2. The van der Waals surface area contributed by atoms with Crippen molar-refractivity contribution in [3.05, 3.63) is 53.0 Å². The highest BCUT2D eigenvalue weighted by molar-refractivity contribution is 5.83. The van der Waals surface area contributed by atoms with Crippen molar-refractivity contribution in [2.24, 2.45) is 0 Å². The van der Waals surface area contributed by atoms with Crippen LogP contribution in [0.5, 0.6) is 0 Å². The van der Waals surface area contributed by atoms with Crippen molar-refractivity contribution in [1.29, 1.82) is 0 Å². The SMILES string of the molecule is CC(=O)NCC(=O)N1CCC(c2nc(C)c3c(n2)N(Cc2ccccc2)CCC3)C1. The largest absolute Gasteiger partial charge is 0.352 e. The van der Waals surface area contributed by atoms with Crippen molar-refractivity contribution in [2.75, 3.05) is 31.1 Å².